The summed E-state index contributed by atoms with van der Waals surface area (Å²) >= 11 is 0. The SMILES string of the molecule is O=C1COc2c(CCCCCN(C(=O)CCNCCc3cc(F)cc(F)c3)C3CCCCC3)ccc(O)c2N1. The summed E-state index contributed by atoms with van der Waals surface area (Å²) in [4.78, 5) is 26.9. The molecule has 3 N–H and O–H groups in total. The first-order valence-corrected chi connectivity index (χ1v) is 14.1. The van der Waals surface area contributed by atoms with Crippen molar-refractivity contribution < 1.29 is 28.2 Å². The summed E-state index contributed by atoms with van der Waals surface area (Å²) in [5.74, 6) is -0.730. The van der Waals surface area contributed by atoms with E-state index in [1.807, 2.05) is 6.07 Å². The molecule has 9 heteroatoms. The molecular formula is C30H39F2N3O4. The molecule has 1 aliphatic heterocycles. The van der Waals surface area contributed by atoms with E-state index in [2.05, 4.69) is 15.5 Å². The number of phenols is 1. The number of rotatable bonds is 13. The normalized spacial score (nSPS) is 15.4. The van der Waals surface area contributed by atoms with Crippen molar-refractivity contribution in [1.82, 2.24) is 10.2 Å². The number of anilines is 1. The number of aryl methyl sites for hydroxylation is 1. The Balaban J connectivity index is 1.21. The molecule has 2 aromatic carbocycles. The number of hydrogen-bond donors (Lipinski definition) is 3. The average molecular weight is 544 g/mol. The Morgan fingerprint density at radius 2 is 1.79 bits per heavy atom. The summed E-state index contributed by atoms with van der Waals surface area (Å²) in [6, 6.07) is 7.25. The number of unbranched alkanes of at least 4 members (excludes halogenated alkanes) is 2. The highest BCUT2D eigenvalue weighted by Gasteiger charge is 2.25. The fraction of sp³-hybridized carbons (Fsp3) is 0.533. The maximum Gasteiger partial charge on any atom is 0.262 e. The van der Waals surface area contributed by atoms with Crippen LogP contribution >= 0.6 is 0 Å². The molecule has 1 fully saturated rings. The van der Waals surface area contributed by atoms with E-state index in [0.29, 0.717) is 49.0 Å². The molecule has 0 saturated heterocycles. The molecule has 7 nitrogen and oxygen atoms in total. The van der Waals surface area contributed by atoms with Crippen LogP contribution in [0.25, 0.3) is 0 Å². The number of nitrogens with one attached hydrogen (secondary N) is 2. The van der Waals surface area contributed by atoms with Crippen molar-refractivity contribution >= 4 is 17.5 Å². The molecule has 1 saturated carbocycles. The lowest BCUT2D eigenvalue weighted by Crippen LogP contribution is -2.43. The number of carbonyl (C=O) groups excluding carboxylic acids is 2. The Kier molecular flexibility index (Phi) is 10.5. The van der Waals surface area contributed by atoms with Crippen LogP contribution in [-0.2, 0) is 22.4 Å². The van der Waals surface area contributed by atoms with Gasteiger partial charge < -0.3 is 25.4 Å². The van der Waals surface area contributed by atoms with Crippen LogP contribution in [0, 0.1) is 11.6 Å². The topological polar surface area (TPSA) is 90.9 Å². The quantitative estimate of drug-likeness (QED) is 0.242. The predicted octanol–water partition coefficient (Wildman–Crippen LogP) is 5.10. The van der Waals surface area contributed by atoms with E-state index in [9.17, 15) is 23.5 Å². The first kappa shape index (κ1) is 28.8. The summed E-state index contributed by atoms with van der Waals surface area (Å²) < 4.78 is 32.3. The highest BCUT2D eigenvalue weighted by atomic mass is 19.1. The number of carbonyl (C=O) groups is 2. The zero-order chi connectivity index (χ0) is 27.6. The van der Waals surface area contributed by atoms with Gasteiger partial charge in [-0.05, 0) is 74.4 Å². The van der Waals surface area contributed by atoms with E-state index < -0.39 is 11.6 Å². The van der Waals surface area contributed by atoms with Gasteiger partial charge in [-0.1, -0.05) is 31.7 Å². The van der Waals surface area contributed by atoms with Gasteiger partial charge in [-0.3, -0.25) is 9.59 Å². The smallest absolute Gasteiger partial charge is 0.262 e. The van der Waals surface area contributed by atoms with E-state index in [0.717, 1.165) is 69.5 Å². The highest BCUT2D eigenvalue weighted by Crippen LogP contribution is 2.39. The van der Waals surface area contributed by atoms with Crippen LogP contribution in [0.5, 0.6) is 11.5 Å². The summed E-state index contributed by atoms with van der Waals surface area (Å²) in [5.41, 5.74) is 1.89. The third kappa shape index (κ3) is 8.39. The van der Waals surface area contributed by atoms with Crippen LogP contribution in [0.4, 0.5) is 14.5 Å². The number of fused-ring (bicyclic) bond motifs is 1. The highest BCUT2D eigenvalue weighted by molar-refractivity contribution is 5.97. The van der Waals surface area contributed by atoms with Gasteiger partial charge in [-0.15, -0.1) is 0 Å². The summed E-state index contributed by atoms with van der Waals surface area (Å²) in [7, 11) is 0. The van der Waals surface area contributed by atoms with Gasteiger partial charge in [0.15, 0.2) is 12.4 Å². The number of aromatic hydroxyl groups is 1. The van der Waals surface area contributed by atoms with E-state index in [-0.39, 0.29) is 24.2 Å². The van der Waals surface area contributed by atoms with Crippen molar-refractivity contribution in [3.8, 4) is 11.5 Å². The van der Waals surface area contributed by atoms with Crippen molar-refractivity contribution in [2.24, 2.45) is 0 Å². The minimum absolute atomic E-state index is 0.000728. The number of phenolic OH excluding ortho intramolecular Hbond substituents is 1. The Morgan fingerprint density at radius 1 is 1.03 bits per heavy atom. The summed E-state index contributed by atoms with van der Waals surface area (Å²) in [5, 5.41) is 16.0. The zero-order valence-electron chi connectivity index (χ0n) is 22.4. The van der Waals surface area contributed by atoms with Crippen LogP contribution in [0.3, 0.4) is 0 Å². The molecule has 4 rings (SSSR count). The van der Waals surface area contributed by atoms with Crippen molar-refractivity contribution in [3.63, 3.8) is 0 Å². The van der Waals surface area contributed by atoms with Crippen LogP contribution in [-0.4, -0.2) is 54.1 Å². The van der Waals surface area contributed by atoms with Gasteiger partial charge >= 0.3 is 0 Å². The van der Waals surface area contributed by atoms with Crippen molar-refractivity contribution in [2.45, 2.75) is 76.7 Å². The monoisotopic (exact) mass is 543 g/mol. The molecular weight excluding hydrogens is 504 g/mol. The number of amides is 2. The molecule has 2 amide bonds. The summed E-state index contributed by atoms with van der Waals surface area (Å²) in [6.45, 7) is 1.75. The predicted molar refractivity (Wildman–Crippen MR) is 146 cm³/mol. The fourth-order valence-corrected chi connectivity index (χ4v) is 5.54. The van der Waals surface area contributed by atoms with Crippen molar-refractivity contribution in [1.29, 1.82) is 0 Å². The van der Waals surface area contributed by atoms with E-state index in [1.165, 1.54) is 18.6 Å². The second-order valence-electron chi connectivity index (χ2n) is 10.5. The first-order chi connectivity index (χ1) is 18.9. The van der Waals surface area contributed by atoms with Gasteiger partial charge in [-0.25, -0.2) is 8.78 Å². The number of halogens is 2. The summed E-state index contributed by atoms with van der Waals surface area (Å²) in [6.07, 6.45) is 10.0. The van der Waals surface area contributed by atoms with Crippen molar-refractivity contribution in [2.75, 3.05) is 31.6 Å². The first-order valence-electron chi connectivity index (χ1n) is 14.1. The Bertz CT molecular complexity index is 1120. The molecule has 0 atom stereocenters. The molecule has 212 valence electrons. The van der Waals surface area contributed by atoms with Gasteiger partial charge in [-0.2, -0.15) is 0 Å². The number of benzene rings is 2. The molecule has 1 aliphatic carbocycles. The fourth-order valence-electron chi connectivity index (χ4n) is 5.54. The van der Waals surface area contributed by atoms with Gasteiger partial charge in [0.1, 0.15) is 23.1 Å². The van der Waals surface area contributed by atoms with Crippen LogP contribution < -0.4 is 15.4 Å². The molecule has 1 heterocycles. The molecule has 0 unspecified atom stereocenters. The van der Waals surface area contributed by atoms with E-state index in [1.54, 1.807) is 6.07 Å². The van der Waals surface area contributed by atoms with Gasteiger partial charge in [0, 0.05) is 31.6 Å². The molecule has 39 heavy (non-hydrogen) atoms. The third-order valence-corrected chi connectivity index (χ3v) is 7.54. The van der Waals surface area contributed by atoms with Gasteiger partial charge in [0.05, 0.1) is 0 Å². The van der Waals surface area contributed by atoms with Crippen LogP contribution in [0.15, 0.2) is 30.3 Å². The van der Waals surface area contributed by atoms with Crippen molar-refractivity contribution in [3.05, 3.63) is 53.1 Å². The van der Waals surface area contributed by atoms with Crippen LogP contribution in [0.2, 0.25) is 0 Å². The molecule has 0 radical (unpaired) electrons. The lowest BCUT2D eigenvalue weighted by atomic mass is 9.93. The second-order valence-corrected chi connectivity index (χ2v) is 10.5. The lowest BCUT2D eigenvalue weighted by Gasteiger charge is -2.34. The maximum atomic E-state index is 13.4. The molecule has 0 aromatic heterocycles. The number of hydrogen-bond acceptors (Lipinski definition) is 5. The van der Waals surface area contributed by atoms with E-state index >= 15 is 0 Å². The van der Waals surface area contributed by atoms with Crippen LogP contribution in [0.1, 0.15) is 68.9 Å². The third-order valence-electron chi connectivity index (χ3n) is 7.54. The number of nitrogens with zero attached hydrogens (tertiary/aromatic N) is 1. The minimum Gasteiger partial charge on any atom is -0.506 e. The molecule has 2 aliphatic rings. The maximum absolute atomic E-state index is 13.4. The van der Waals surface area contributed by atoms with Gasteiger partial charge in [0.2, 0.25) is 5.91 Å². The van der Waals surface area contributed by atoms with E-state index in [4.69, 9.17) is 4.74 Å². The van der Waals surface area contributed by atoms with Gasteiger partial charge in [0.25, 0.3) is 5.91 Å². The standard InChI is InChI=1S/C30H39F2N3O4/c31-23-17-21(18-24(32)19-23)12-14-33-15-13-28(38)35(25-8-4-1-5-9-25)16-6-2-3-7-22-10-11-26(36)29-30(22)39-20-27(37)34-29/h10-11,17-19,25,33,36H,1-9,12-16,20H2,(H,34,37). The Labute approximate surface area is 228 Å². The minimum atomic E-state index is -0.576. The molecule has 0 spiro atoms. The number of ether oxygens (including phenoxy) is 1. The Morgan fingerprint density at radius 3 is 2.56 bits per heavy atom. The molecule has 0 bridgehead atoms. The average Bonchev–Trinajstić information content (AvgIpc) is 2.91. The zero-order valence-corrected chi connectivity index (χ0v) is 22.4. The Hall–Kier alpha value is -3.20. The largest absolute Gasteiger partial charge is 0.506 e. The second kappa shape index (κ2) is 14.3. The lowest BCUT2D eigenvalue weighted by molar-refractivity contribution is -0.134. The molecule has 2 aromatic rings.